The highest BCUT2D eigenvalue weighted by Crippen LogP contribution is 2.47. The minimum absolute atomic E-state index is 0.291. The van der Waals surface area contributed by atoms with Crippen LogP contribution in [0.3, 0.4) is 0 Å². The highest BCUT2D eigenvalue weighted by Gasteiger charge is 2.41. The predicted molar refractivity (Wildman–Crippen MR) is 135 cm³/mol. The van der Waals surface area contributed by atoms with Crippen LogP contribution in [0, 0.1) is 0 Å². The molecule has 1 aliphatic heterocycles. The first-order valence-electron chi connectivity index (χ1n) is 10.5. The number of aromatic nitrogens is 2. The third kappa shape index (κ3) is 4.08. The fraction of sp³-hybridized carbons (Fsp3) is 0.292. The minimum atomic E-state index is -0.818. The van der Waals surface area contributed by atoms with Crippen LogP contribution in [0.4, 0.5) is 0 Å². The number of nitrogens with one attached hydrogen (secondary N) is 1. The van der Waals surface area contributed by atoms with Crippen molar-refractivity contribution in [3.63, 3.8) is 0 Å². The maximum absolute atomic E-state index is 13.1. The molecule has 4 rings (SSSR count). The van der Waals surface area contributed by atoms with Crippen LogP contribution < -0.4 is 14.8 Å². The number of rotatable bonds is 6. The van der Waals surface area contributed by atoms with Gasteiger partial charge in [0.2, 0.25) is 0 Å². The second kappa shape index (κ2) is 9.74. The molecule has 0 atom stereocenters. The van der Waals surface area contributed by atoms with Crippen LogP contribution in [0.15, 0.2) is 50.7 Å². The summed E-state index contributed by atoms with van der Waals surface area (Å²) in [5.41, 5.74) is 3.55. The van der Waals surface area contributed by atoms with Crippen LogP contribution in [-0.4, -0.2) is 49.8 Å². The number of carbonyl (C=O) groups excluding carboxylic acids is 2. The van der Waals surface area contributed by atoms with Crippen LogP contribution in [0.5, 0.6) is 11.5 Å². The molecule has 0 unspecified atom stereocenters. The standard InChI is InChI=1S/C24H24BrN3O6S/c1-11-17(22(29)33-5)19(18(12(2)26-11)23(30)34-6)21-20(27-24-28(21)7-8-35-24)13-9-14(25)16(32-4)10-15(13)31-3/h7-10,19,26H,1-6H3. The number of hydrogen-bond acceptors (Lipinski definition) is 9. The first-order valence-corrected chi connectivity index (χ1v) is 12.2. The zero-order valence-corrected chi connectivity index (χ0v) is 22.4. The second-order valence-electron chi connectivity index (χ2n) is 7.71. The van der Waals surface area contributed by atoms with Gasteiger partial charge >= 0.3 is 11.9 Å². The molecule has 11 heteroatoms. The van der Waals surface area contributed by atoms with Gasteiger partial charge in [-0.2, -0.15) is 0 Å². The first-order chi connectivity index (χ1) is 16.8. The van der Waals surface area contributed by atoms with Crippen LogP contribution in [0.2, 0.25) is 0 Å². The molecule has 1 aromatic carbocycles. The molecule has 3 aromatic rings. The van der Waals surface area contributed by atoms with Crippen molar-refractivity contribution < 1.29 is 28.5 Å². The number of hydrogen-bond donors (Lipinski definition) is 1. The lowest BCUT2D eigenvalue weighted by molar-refractivity contribution is -0.137. The Morgan fingerprint density at radius 2 is 1.60 bits per heavy atom. The number of carbonyl (C=O) groups is 2. The molecule has 0 aliphatic carbocycles. The van der Waals surface area contributed by atoms with Crippen molar-refractivity contribution in [1.82, 2.24) is 14.7 Å². The summed E-state index contributed by atoms with van der Waals surface area (Å²) in [5.74, 6) is -0.833. The SMILES string of the molecule is COC(=O)C1=C(C)NC(C)=C(C(=O)OC)C1c1c(-c2cc(Br)c(OC)cc2OC)nc2sccn12. The van der Waals surface area contributed by atoms with Gasteiger partial charge < -0.3 is 24.3 Å². The topological polar surface area (TPSA) is 100 Å². The molecule has 9 nitrogen and oxygen atoms in total. The van der Waals surface area contributed by atoms with E-state index in [4.69, 9.17) is 23.9 Å². The van der Waals surface area contributed by atoms with E-state index < -0.39 is 17.9 Å². The van der Waals surface area contributed by atoms with E-state index in [2.05, 4.69) is 21.2 Å². The summed E-state index contributed by atoms with van der Waals surface area (Å²) in [7, 11) is 5.74. The van der Waals surface area contributed by atoms with Gasteiger partial charge in [0.25, 0.3) is 0 Å². The summed E-state index contributed by atoms with van der Waals surface area (Å²) in [5, 5.41) is 5.02. The van der Waals surface area contributed by atoms with Crippen molar-refractivity contribution in [3.8, 4) is 22.8 Å². The zero-order valence-electron chi connectivity index (χ0n) is 20.0. The lowest BCUT2D eigenvalue weighted by Gasteiger charge is -2.30. The predicted octanol–water partition coefficient (Wildman–Crippen LogP) is 4.42. The fourth-order valence-electron chi connectivity index (χ4n) is 4.35. The van der Waals surface area contributed by atoms with Crippen molar-refractivity contribution in [2.24, 2.45) is 0 Å². The molecule has 184 valence electrons. The van der Waals surface area contributed by atoms with Gasteiger partial charge in [-0.15, -0.1) is 11.3 Å². The molecule has 0 radical (unpaired) electrons. The Morgan fingerprint density at radius 1 is 1.00 bits per heavy atom. The van der Waals surface area contributed by atoms with Gasteiger partial charge in [-0.05, 0) is 35.8 Å². The van der Waals surface area contributed by atoms with Crippen LogP contribution in [0.25, 0.3) is 16.2 Å². The van der Waals surface area contributed by atoms with E-state index in [0.717, 1.165) is 0 Å². The molecule has 3 heterocycles. The smallest absolute Gasteiger partial charge is 0.336 e. The number of nitrogens with zero attached hydrogens (tertiary/aromatic N) is 2. The van der Waals surface area contributed by atoms with E-state index >= 15 is 0 Å². The summed E-state index contributed by atoms with van der Waals surface area (Å²) in [6, 6.07) is 3.60. The fourth-order valence-corrected chi connectivity index (χ4v) is 5.58. The van der Waals surface area contributed by atoms with E-state index in [-0.39, 0.29) is 0 Å². The molecular weight excluding hydrogens is 538 g/mol. The third-order valence-electron chi connectivity index (χ3n) is 5.87. The number of allylic oxidation sites excluding steroid dienone is 2. The summed E-state index contributed by atoms with van der Waals surface area (Å²) in [6.45, 7) is 3.54. The number of benzene rings is 1. The van der Waals surface area contributed by atoms with Crippen molar-refractivity contribution in [2.45, 2.75) is 19.8 Å². The highest BCUT2D eigenvalue weighted by atomic mass is 79.9. The average molecular weight is 562 g/mol. The van der Waals surface area contributed by atoms with Gasteiger partial charge in [-0.3, -0.25) is 4.40 Å². The van der Waals surface area contributed by atoms with E-state index in [1.165, 1.54) is 25.6 Å². The Labute approximate surface area is 214 Å². The molecule has 35 heavy (non-hydrogen) atoms. The Hall–Kier alpha value is -3.31. The van der Waals surface area contributed by atoms with Gasteiger partial charge in [-0.1, -0.05) is 0 Å². The quantitative estimate of drug-likeness (QED) is 0.441. The van der Waals surface area contributed by atoms with Crippen molar-refractivity contribution in [3.05, 3.63) is 56.4 Å². The minimum Gasteiger partial charge on any atom is -0.496 e. The largest absolute Gasteiger partial charge is 0.496 e. The van der Waals surface area contributed by atoms with Crippen molar-refractivity contribution in [1.29, 1.82) is 0 Å². The summed E-state index contributed by atoms with van der Waals surface area (Å²) in [4.78, 5) is 31.7. The Balaban J connectivity index is 2.11. The van der Waals surface area contributed by atoms with Gasteiger partial charge in [0.1, 0.15) is 11.5 Å². The lowest BCUT2D eigenvalue weighted by atomic mass is 9.81. The number of halogens is 1. The Morgan fingerprint density at radius 3 is 2.14 bits per heavy atom. The number of thiazole rings is 1. The number of fused-ring (bicyclic) bond motifs is 1. The third-order valence-corrected chi connectivity index (χ3v) is 7.25. The molecule has 2 aromatic heterocycles. The van der Waals surface area contributed by atoms with Gasteiger partial charge in [0.05, 0.1) is 61.4 Å². The van der Waals surface area contributed by atoms with Gasteiger partial charge in [0, 0.05) is 34.6 Å². The van der Waals surface area contributed by atoms with Crippen LogP contribution in [0.1, 0.15) is 25.5 Å². The maximum atomic E-state index is 13.1. The molecule has 0 bridgehead atoms. The van der Waals surface area contributed by atoms with E-state index in [9.17, 15) is 9.59 Å². The first kappa shape index (κ1) is 24.8. The van der Waals surface area contributed by atoms with Crippen LogP contribution in [-0.2, 0) is 19.1 Å². The highest BCUT2D eigenvalue weighted by molar-refractivity contribution is 9.10. The molecule has 0 fully saturated rings. The number of dihydropyridines is 1. The van der Waals surface area contributed by atoms with Crippen LogP contribution >= 0.6 is 27.3 Å². The molecule has 0 amide bonds. The van der Waals surface area contributed by atoms with E-state index in [1.807, 2.05) is 22.0 Å². The molecule has 1 aliphatic rings. The molecular formula is C24H24BrN3O6S. The van der Waals surface area contributed by atoms with E-state index in [0.29, 0.717) is 60.4 Å². The summed E-state index contributed by atoms with van der Waals surface area (Å²) < 4.78 is 23.9. The number of imidazole rings is 1. The van der Waals surface area contributed by atoms with Crippen molar-refractivity contribution in [2.75, 3.05) is 28.4 Å². The zero-order chi connectivity index (χ0) is 25.4. The van der Waals surface area contributed by atoms with E-state index in [1.54, 1.807) is 34.1 Å². The Kier molecular flexibility index (Phi) is 6.91. The van der Waals surface area contributed by atoms with Crippen molar-refractivity contribution >= 4 is 44.2 Å². The summed E-state index contributed by atoms with van der Waals surface area (Å²) >= 11 is 4.98. The monoisotopic (exact) mass is 561 g/mol. The molecule has 0 saturated carbocycles. The second-order valence-corrected chi connectivity index (χ2v) is 9.43. The average Bonchev–Trinajstić information content (AvgIpc) is 3.44. The van der Waals surface area contributed by atoms with Gasteiger partial charge in [-0.25, -0.2) is 14.6 Å². The molecule has 0 spiro atoms. The summed E-state index contributed by atoms with van der Waals surface area (Å²) in [6.07, 6.45) is 1.85. The maximum Gasteiger partial charge on any atom is 0.336 e. The number of esters is 2. The van der Waals surface area contributed by atoms with Gasteiger partial charge in [0.15, 0.2) is 4.96 Å². The lowest BCUT2D eigenvalue weighted by Crippen LogP contribution is -2.32. The number of methoxy groups -OCH3 is 4. The normalized spacial score (nSPS) is 14.3. The molecule has 0 saturated heterocycles. The number of ether oxygens (including phenoxy) is 4. The Bertz CT molecular complexity index is 1370. The molecule has 1 N–H and O–H groups in total.